The highest BCUT2D eigenvalue weighted by atomic mass is 16.5. The van der Waals surface area contributed by atoms with Gasteiger partial charge in [0.05, 0.1) is 25.5 Å². The van der Waals surface area contributed by atoms with E-state index >= 15 is 0 Å². The second kappa shape index (κ2) is 5.50. The lowest BCUT2D eigenvalue weighted by atomic mass is 10.2. The summed E-state index contributed by atoms with van der Waals surface area (Å²) in [5.41, 5.74) is 6.74. The van der Waals surface area contributed by atoms with Crippen LogP contribution in [0.15, 0.2) is 0 Å². The van der Waals surface area contributed by atoms with Crippen LogP contribution in [0, 0.1) is 6.92 Å². The van der Waals surface area contributed by atoms with Gasteiger partial charge in [-0.1, -0.05) is 0 Å². The second-order valence-corrected chi connectivity index (χ2v) is 3.28. The third-order valence-electron chi connectivity index (χ3n) is 2.15. The molecule has 6 heteroatoms. The zero-order valence-corrected chi connectivity index (χ0v) is 9.82. The minimum absolute atomic E-state index is 0.320. The van der Waals surface area contributed by atoms with Crippen molar-refractivity contribution in [2.75, 3.05) is 26.1 Å². The lowest BCUT2D eigenvalue weighted by Crippen LogP contribution is -2.12. The first kappa shape index (κ1) is 12.5. The Morgan fingerprint density at radius 3 is 2.81 bits per heavy atom. The molecule has 2 N–H and O–H groups in total. The molecule has 0 fully saturated rings. The Hall–Kier alpha value is -1.56. The lowest BCUT2D eigenvalue weighted by Gasteiger charge is -2.04. The predicted octanol–water partition coefficient (Wildman–Crippen LogP) is 0.597. The zero-order chi connectivity index (χ0) is 12.1. The number of methoxy groups -OCH3 is 1. The van der Waals surface area contributed by atoms with E-state index in [0.717, 1.165) is 0 Å². The maximum atomic E-state index is 11.6. The fraction of sp³-hybridized carbons (Fsp3) is 0.600. The van der Waals surface area contributed by atoms with Crippen LogP contribution in [0.2, 0.25) is 0 Å². The fourth-order valence-corrected chi connectivity index (χ4v) is 1.40. The molecule has 0 bridgehead atoms. The van der Waals surface area contributed by atoms with Crippen molar-refractivity contribution in [3.8, 4) is 0 Å². The molecule has 6 nitrogen and oxygen atoms in total. The molecule has 0 radical (unpaired) electrons. The van der Waals surface area contributed by atoms with Crippen LogP contribution in [0.25, 0.3) is 0 Å². The Bertz CT molecular complexity index is 374. The summed E-state index contributed by atoms with van der Waals surface area (Å²) in [5, 5.41) is 4.16. The van der Waals surface area contributed by atoms with Crippen LogP contribution in [0.4, 0.5) is 5.82 Å². The number of ether oxygens (including phenoxy) is 2. The lowest BCUT2D eigenvalue weighted by molar-refractivity contribution is 0.0526. The van der Waals surface area contributed by atoms with Gasteiger partial charge >= 0.3 is 5.97 Å². The van der Waals surface area contributed by atoms with E-state index in [9.17, 15) is 4.79 Å². The zero-order valence-electron chi connectivity index (χ0n) is 9.82. The summed E-state index contributed by atoms with van der Waals surface area (Å²) in [6, 6.07) is 0. The van der Waals surface area contributed by atoms with E-state index in [2.05, 4.69) is 5.10 Å². The number of nitrogens with zero attached hydrogens (tertiary/aromatic N) is 2. The van der Waals surface area contributed by atoms with Crippen molar-refractivity contribution in [1.29, 1.82) is 0 Å². The van der Waals surface area contributed by atoms with Crippen molar-refractivity contribution < 1.29 is 14.3 Å². The topological polar surface area (TPSA) is 79.4 Å². The van der Waals surface area contributed by atoms with Gasteiger partial charge in [-0.2, -0.15) is 5.10 Å². The maximum Gasteiger partial charge on any atom is 0.343 e. The Kier molecular flexibility index (Phi) is 4.30. The van der Waals surface area contributed by atoms with Crippen molar-refractivity contribution in [3.63, 3.8) is 0 Å². The van der Waals surface area contributed by atoms with Crippen LogP contribution in [0.5, 0.6) is 0 Å². The summed E-state index contributed by atoms with van der Waals surface area (Å²) in [5.74, 6) is -0.103. The summed E-state index contributed by atoms with van der Waals surface area (Å²) in [6.07, 6.45) is 0. The third kappa shape index (κ3) is 2.52. The first-order valence-corrected chi connectivity index (χ1v) is 5.10. The van der Waals surface area contributed by atoms with E-state index < -0.39 is 5.97 Å². The van der Waals surface area contributed by atoms with E-state index in [0.29, 0.717) is 36.8 Å². The van der Waals surface area contributed by atoms with Gasteiger partial charge in [-0.3, -0.25) is 0 Å². The Balaban J connectivity index is 2.92. The third-order valence-corrected chi connectivity index (χ3v) is 2.15. The van der Waals surface area contributed by atoms with Crippen molar-refractivity contribution in [2.24, 2.45) is 0 Å². The average Bonchev–Trinajstić information content (AvgIpc) is 2.51. The number of carbonyl (C=O) groups is 1. The standard InChI is InChI=1S/C10H17N3O3/c1-4-16-10(14)8-7(2)12-13(9(8)11)5-6-15-3/h4-6,11H2,1-3H3. The maximum absolute atomic E-state index is 11.6. The number of nitrogens with two attached hydrogens (primary N) is 1. The van der Waals surface area contributed by atoms with Gasteiger partial charge in [-0.25, -0.2) is 9.48 Å². The molecular formula is C10H17N3O3. The first-order valence-electron chi connectivity index (χ1n) is 5.10. The van der Waals surface area contributed by atoms with Gasteiger partial charge in [0, 0.05) is 7.11 Å². The second-order valence-electron chi connectivity index (χ2n) is 3.28. The molecular weight excluding hydrogens is 210 g/mol. The Morgan fingerprint density at radius 1 is 1.56 bits per heavy atom. The van der Waals surface area contributed by atoms with Crippen molar-refractivity contribution in [3.05, 3.63) is 11.3 Å². The molecule has 90 valence electrons. The van der Waals surface area contributed by atoms with E-state index in [1.54, 1.807) is 25.6 Å². The number of hydrogen-bond acceptors (Lipinski definition) is 5. The first-order chi connectivity index (χ1) is 7.61. The molecule has 0 aromatic carbocycles. The summed E-state index contributed by atoms with van der Waals surface area (Å²) in [4.78, 5) is 11.6. The molecule has 1 aromatic rings. The molecule has 0 atom stereocenters. The molecule has 0 saturated carbocycles. The highest BCUT2D eigenvalue weighted by molar-refractivity contribution is 5.95. The van der Waals surface area contributed by atoms with Gasteiger partial charge in [-0.15, -0.1) is 0 Å². The molecule has 0 saturated heterocycles. The minimum Gasteiger partial charge on any atom is -0.462 e. The number of nitrogen functional groups attached to an aromatic ring is 1. The van der Waals surface area contributed by atoms with E-state index in [1.807, 2.05) is 0 Å². The highest BCUT2D eigenvalue weighted by Gasteiger charge is 2.20. The van der Waals surface area contributed by atoms with Crippen LogP contribution < -0.4 is 5.73 Å². The monoisotopic (exact) mass is 227 g/mol. The summed E-state index contributed by atoms with van der Waals surface area (Å²) in [7, 11) is 1.60. The number of aromatic nitrogens is 2. The molecule has 0 unspecified atom stereocenters. The quantitative estimate of drug-likeness (QED) is 0.745. The van der Waals surface area contributed by atoms with Gasteiger partial charge in [0.15, 0.2) is 0 Å². The van der Waals surface area contributed by atoms with Gasteiger partial charge in [0.2, 0.25) is 0 Å². The molecule has 0 aliphatic rings. The molecule has 16 heavy (non-hydrogen) atoms. The SMILES string of the molecule is CCOC(=O)c1c(C)nn(CCOC)c1N. The normalized spacial score (nSPS) is 10.4. The van der Waals surface area contributed by atoms with E-state index in [-0.39, 0.29) is 0 Å². The Labute approximate surface area is 94.3 Å². The van der Waals surface area contributed by atoms with Gasteiger partial charge < -0.3 is 15.2 Å². The van der Waals surface area contributed by atoms with Crippen LogP contribution in [0.1, 0.15) is 23.0 Å². The number of carbonyl (C=O) groups excluding carboxylic acids is 1. The molecule has 0 amide bonds. The smallest absolute Gasteiger partial charge is 0.343 e. The molecule has 1 rings (SSSR count). The fourth-order valence-electron chi connectivity index (χ4n) is 1.40. The molecule has 1 aromatic heterocycles. The van der Waals surface area contributed by atoms with Gasteiger partial charge in [0.25, 0.3) is 0 Å². The van der Waals surface area contributed by atoms with E-state index in [4.69, 9.17) is 15.2 Å². The number of aryl methyl sites for hydroxylation is 1. The van der Waals surface area contributed by atoms with Crippen LogP contribution in [-0.2, 0) is 16.0 Å². The highest BCUT2D eigenvalue weighted by Crippen LogP contribution is 2.17. The van der Waals surface area contributed by atoms with Crippen LogP contribution in [-0.4, -0.2) is 36.1 Å². The van der Waals surface area contributed by atoms with Crippen molar-refractivity contribution in [1.82, 2.24) is 9.78 Å². The van der Waals surface area contributed by atoms with Crippen molar-refractivity contribution in [2.45, 2.75) is 20.4 Å². The van der Waals surface area contributed by atoms with Crippen LogP contribution in [0.3, 0.4) is 0 Å². The van der Waals surface area contributed by atoms with Crippen LogP contribution >= 0.6 is 0 Å². The molecule has 0 aliphatic carbocycles. The molecule has 1 heterocycles. The number of rotatable bonds is 5. The predicted molar refractivity (Wildman–Crippen MR) is 59.2 cm³/mol. The summed E-state index contributed by atoms with van der Waals surface area (Å²) < 4.78 is 11.4. The average molecular weight is 227 g/mol. The summed E-state index contributed by atoms with van der Waals surface area (Å²) in [6.45, 7) is 4.81. The van der Waals surface area contributed by atoms with Gasteiger partial charge in [-0.05, 0) is 13.8 Å². The Morgan fingerprint density at radius 2 is 2.25 bits per heavy atom. The molecule has 0 aliphatic heterocycles. The van der Waals surface area contributed by atoms with Crippen molar-refractivity contribution >= 4 is 11.8 Å². The van der Waals surface area contributed by atoms with E-state index in [1.165, 1.54) is 0 Å². The largest absolute Gasteiger partial charge is 0.462 e. The summed E-state index contributed by atoms with van der Waals surface area (Å²) >= 11 is 0. The number of esters is 1. The number of anilines is 1. The molecule has 0 spiro atoms. The minimum atomic E-state index is -0.429. The number of hydrogen-bond donors (Lipinski definition) is 1. The van der Waals surface area contributed by atoms with Gasteiger partial charge in [0.1, 0.15) is 11.4 Å².